The molecule has 0 radical (unpaired) electrons. The molecule has 0 fully saturated rings. The zero-order valence-corrected chi connectivity index (χ0v) is 20.2. The maximum Gasteiger partial charge on any atom is 0.274 e. The quantitative estimate of drug-likeness (QED) is 0.288. The third-order valence-electron chi connectivity index (χ3n) is 5.49. The molecule has 178 valence electrons. The molecule has 0 aliphatic heterocycles. The average molecular weight is 489 g/mol. The van der Waals surface area contributed by atoms with Crippen LogP contribution in [-0.4, -0.2) is 36.8 Å². The largest absolute Gasteiger partial charge is 0.497 e. The molecule has 0 amide bonds. The Kier molecular flexibility index (Phi) is 6.54. The highest BCUT2D eigenvalue weighted by atomic mass is 32.1. The highest BCUT2D eigenvalue weighted by Crippen LogP contribution is 2.28. The van der Waals surface area contributed by atoms with Crippen molar-refractivity contribution in [3.63, 3.8) is 0 Å². The fourth-order valence-corrected chi connectivity index (χ4v) is 4.77. The molecule has 0 aliphatic carbocycles. The predicted octanol–water partition coefficient (Wildman–Crippen LogP) is 4.32. The molecule has 0 N–H and O–H groups in total. The molecule has 0 aliphatic rings. The number of ether oxygens (including phenoxy) is 4. The van der Waals surface area contributed by atoms with Crippen LogP contribution in [0.15, 0.2) is 71.5 Å². The molecule has 0 saturated heterocycles. The second-order valence-corrected chi connectivity index (χ2v) is 8.78. The van der Waals surface area contributed by atoms with Gasteiger partial charge in [0, 0.05) is 12.5 Å². The SMILES string of the molecule is COc1cccc(OCCCOc2ccc(/C=c3\sc4nc5ccccc5n4c3=O)cc2OC)c1. The number of fused-ring (bicyclic) bond motifs is 3. The summed E-state index contributed by atoms with van der Waals surface area (Å²) in [6.45, 7) is 0.992. The van der Waals surface area contributed by atoms with Gasteiger partial charge in [-0.05, 0) is 48.0 Å². The number of methoxy groups -OCH3 is 2. The van der Waals surface area contributed by atoms with E-state index in [0.717, 1.165) is 28.1 Å². The first-order chi connectivity index (χ1) is 17.2. The Morgan fingerprint density at radius 3 is 2.57 bits per heavy atom. The lowest BCUT2D eigenvalue weighted by Crippen LogP contribution is -2.22. The van der Waals surface area contributed by atoms with E-state index in [1.54, 1.807) is 18.6 Å². The van der Waals surface area contributed by atoms with Crippen LogP contribution in [0.4, 0.5) is 0 Å². The normalized spacial score (nSPS) is 11.8. The Labute approximate surface area is 205 Å². The van der Waals surface area contributed by atoms with E-state index < -0.39 is 0 Å². The van der Waals surface area contributed by atoms with Crippen molar-refractivity contribution in [2.45, 2.75) is 6.42 Å². The zero-order chi connectivity index (χ0) is 24.2. The summed E-state index contributed by atoms with van der Waals surface area (Å²) in [5.74, 6) is 2.76. The molecular weight excluding hydrogens is 464 g/mol. The smallest absolute Gasteiger partial charge is 0.274 e. The first kappa shape index (κ1) is 22.7. The van der Waals surface area contributed by atoms with Crippen LogP contribution in [0, 0.1) is 0 Å². The lowest BCUT2D eigenvalue weighted by molar-refractivity contribution is 0.240. The Morgan fingerprint density at radius 2 is 1.71 bits per heavy atom. The van der Waals surface area contributed by atoms with Crippen LogP contribution in [0.5, 0.6) is 23.0 Å². The minimum absolute atomic E-state index is 0.0750. The molecular formula is C27H24N2O5S. The minimum Gasteiger partial charge on any atom is -0.497 e. The first-order valence-corrected chi connectivity index (χ1v) is 12.0. The van der Waals surface area contributed by atoms with Crippen LogP contribution < -0.4 is 29.0 Å². The van der Waals surface area contributed by atoms with E-state index in [-0.39, 0.29) is 5.56 Å². The third-order valence-corrected chi connectivity index (χ3v) is 6.46. The number of rotatable bonds is 9. The monoisotopic (exact) mass is 488 g/mol. The highest BCUT2D eigenvalue weighted by Gasteiger charge is 2.11. The number of para-hydroxylation sites is 2. The zero-order valence-electron chi connectivity index (χ0n) is 19.4. The molecule has 5 rings (SSSR count). The fraction of sp³-hybridized carbons (Fsp3) is 0.185. The summed E-state index contributed by atoms with van der Waals surface area (Å²) in [6, 6.07) is 20.8. The number of aromatic nitrogens is 2. The molecule has 7 nitrogen and oxygen atoms in total. The summed E-state index contributed by atoms with van der Waals surface area (Å²) in [4.78, 5) is 18.2. The van der Waals surface area contributed by atoms with E-state index >= 15 is 0 Å². The number of imidazole rings is 1. The van der Waals surface area contributed by atoms with Crippen molar-refractivity contribution in [1.82, 2.24) is 9.38 Å². The lowest BCUT2D eigenvalue weighted by Gasteiger charge is -2.12. The van der Waals surface area contributed by atoms with Crippen molar-refractivity contribution in [3.8, 4) is 23.0 Å². The Bertz CT molecular complexity index is 1590. The molecule has 2 aromatic heterocycles. The van der Waals surface area contributed by atoms with Gasteiger partial charge in [-0.2, -0.15) is 0 Å². The van der Waals surface area contributed by atoms with Crippen molar-refractivity contribution in [2.24, 2.45) is 0 Å². The summed E-state index contributed by atoms with van der Waals surface area (Å²) >= 11 is 1.37. The average Bonchev–Trinajstić information content (AvgIpc) is 3.40. The van der Waals surface area contributed by atoms with Gasteiger partial charge < -0.3 is 18.9 Å². The summed E-state index contributed by atoms with van der Waals surface area (Å²) in [6.07, 6.45) is 2.56. The van der Waals surface area contributed by atoms with E-state index in [0.29, 0.717) is 40.6 Å². The number of nitrogens with zero attached hydrogens (tertiary/aromatic N) is 2. The van der Waals surface area contributed by atoms with Gasteiger partial charge in [0.25, 0.3) is 5.56 Å². The van der Waals surface area contributed by atoms with Crippen LogP contribution in [-0.2, 0) is 0 Å². The molecule has 35 heavy (non-hydrogen) atoms. The van der Waals surface area contributed by atoms with Gasteiger partial charge in [-0.15, -0.1) is 0 Å². The van der Waals surface area contributed by atoms with Crippen molar-refractivity contribution < 1.29 is 18.9 Å². The van der Waals surface area contributed by atoms with Crippen molar-refractivity contribution >= 4 is 33.4 Å². The Hall–Kier alpha value is -4.04. The minimum atomic E-state index is -0.0750. The molecule has 0 unspecified atom stereocenters. The molecule has 0 spiro atoms. The number of thiazole rings is 1. The van der Waals surface area contributed by atoms with Crippen LogP contribution in [0.25, 0.3) is 22.1 Å². The topological polar surface area (TPSA) is 71.3 Å². The van der Waals surface area contributed by atoms with Crippen LogP contribution in [0.3, 0.4) is 0 Å². The fourth-order valence-electron chi connectivity index (χ4n) is 3.78. The molecule has 3 aromatic carbocycles. The highest BCUT2D eigenvalue weighted by molar-refractivity contribution is 7.15. The summed E-state index contributed by atoms with van der Waals surface area (Å²) in [7, 11) is 3.23. The Balaban J connectivity index is 1.26. The Morgan fingerprint density at radius 1 is 0.886 bits per heavy atom. The number of hydrogen-bond donors (Lipinski definition) is 0. The van der Waals surface area contributed by atoms with E-state index in [1.165, 1.54) is 11.3 Å². The summed E-state index contributed by atoms with van der Waals surface area (Å²) < 4.78 is 24.7. The van der Waals surface area contributed by atoms with E-state index in [4.69, 9.17) is 18.9 Å². The van der Waals surface area contributed by atoms with Crippen LogP contribution in [0.2, 0.25) is 0 Å². The molecule has 0 saturated carbocycles. The lowest BCUT2D eigenvalue weighted by atomic mass is 10.2. The van der Waals surface area contributed by atoms with Crippen LogP contribution in [0.1, 0.15) is 12.0 Å². The molecule has 2 heterocycles. The van der Waals surface area contributed by atoms with Crippen molar-refractivity contribution in [1.29, 1.82) is 0 Å². The van der Waals surface area contributed by atoms with Gasteiger partial charge in [0.1, 0.15) is 11.5 Å². The summed E-state index contributed by atoms with van der Waals surface area (Å²) in [5.41, 5.74) is 2.41. The molecule has 5 aromatic rings. The predicted molar refractivity (Wildman–Crippen MR) is 137 cm³/mol. The molecule has 0 bridgehead atoms. The summed E-state index contributed by atoms with van der Waals surface area (Å²) in [5, 5.41) is 0. The second-order valence-electron chi connectivity index (χ2n) is 7.77. The van der Waals surface area contributed by atoms with Gasteiger partial charge in [0.15, 0.2) is 16.5 Å². The van der Waals surface area contributed by atoms with E-state index in [1.807, 2.05) is 72.8 Å². The van der Waals surface area contributed by atoms with Gasteiger partial charge in [-0.1, -0.05) is 35.6 Å². The number of benzene rings is 3. The molecule has 0 atom stereocenters. The van der Waals surface area contributed by atoms with Crippen molar-refractivity contribution in [3.05, 3.63) is 87.2 Å². The van der Waals surface area contributed by atoms with Gasteiger partial charge in [-0.25, -0.2) is 9.38 Å². The van der Waals surface area contributed by atoms with E-state index in [9.17, 15) is 4.79 Å². The van der Waals surface area contributed by atoms with Crippen molar-refractivity contribution in [2.75, 3.05) is 27.4 Å². The maximum atomic E-state index is 13.0. The molecule has 8 heteroatoms. The van der Waals surface area contributed by atoms with Gasteiger partial charge in [0.05, 0.1) is 43.0 Å². The number of hydrogen-bond acceptors (Lipinski definition) is 7. The van der Waals surface area contributed by atoms with Crippen LogP contribution >= 0.6 is 11.3 Å². The van der Waals surface area contributed by atoms with Gasteiger partial charge >= 0.3 is 0 Å². The standard InChI is InChI=1S/C27H24N2O5S/c1-31-19-7-5-8-20(17-19)33-13-6-14-34-23-12-11-18(15-24(23)32-2)16-25-26(30)29-22-10-4-3-9-21(22)28-27(29)35-25/h3-5,7-12,15-17H,6,13-14H2,1-2H3/b25-16-. The maximum absolute atomic E-state index is 13.0. The van der Waals surface area contributed by atoms with Gasteiger partial charge in [-0.3, -0.25) is 4.79 Å². The van der Waals surface area contributed by atoms with E-state index in [2.05, 4.69) is 4.98 Å². The van der Waals surface area contributed by atoms with Gasteiger partial charge in [0.2, 0.25) is 0 Å². The second kappa shape index (κ2) is 10.1. The first-order valence-electron chi connectivity index (χ1n) is 11.2. The third kappa shape index (κ3) is 4.79.